The van der Waals surface area contributed by atoms with Gasteiger partial charge in [-0.15, -0.1) is 0 Å². The van der Waals surface area contributed by atoms with E-state index in [-0.39, 0.29) is 6.17 Å². The fourth-order valence-corrected chi connectivity index (χ4v) is 3.84. The molecule has 0 saturated carbocycles. The van der Waals surface area contributed by atoms with Gasteiger partial charge in [-0.25, -0.2) is 9.98 Å². The number of hydrogen-bond acceptors (Lipinski definition) is 3. The Hall–Kier alpha value is -3.98. The second kappa shape index (κ2) is 8.41. The van der Waals surface area contributed by atoms with Gasteiger partial charge >= 0.3 is 0 Å². The van der Waals surface area contributed by atoms with E-state index in [1.807, 2.05) is 42.5 Å². The van der Waals surface area contributed by atoms with Crippen molar-refractivity contribution in [1.82, 2.24) is 5.32 Å². The first-order chi connectivity index (χ1) is 15.3. The monoisotopic (exact) mass is 401 g/mol. The van der Waals surface area contributed by atoms with Crippen LogP contribution in [0.3, 0.4) is 0 Å². The van der Waals surface area contributed by atoms with Gasteiger partial charge in [0.25, 0.3) is 0 Å². The highest BCUT2D eigenvalue weighted by molar-refractivity contribution is 6.15. The van der Waals surface area contributed by atoms with E-state index in [4.69, 9.17) is 9.98 Å². The van der Waals surface area contributed by atoms with E-state index in [0.29, 0.717) is 0 Å². The Labute approximate surface area is 182 Å². The average molecular weight is 402 g/mol. The fraction of sp³-hybridized carbons (Fsp3) is 0.0714. The van der Waals surface area contributed by atoms with E-state index in [1.54, 1.807) is 0 Å². The maximum Gasteiger partial charge on any atom is 0.169 e. The van der Waals surface area contributed by atoms with Crippen LogP contribution in [0.4, 0.5) is 0 Å². The van der Waals surface area contributed by atoms with Crippen LogP contribution in [0.1, 0.15) is 28.4 Å². The van der Waals surface area contributed by atoms with Gasteiger partial charge in [0.2, 0.25) is 0 Å². The van der Waals surface area contributed by atoms with Crippen LogP contribution in [0.2, 0.25) is 0 Å². The number of hydrogen-bond donors (Lipinski definition) is 1. The van der Waals surface area contributed by atoms with Gasteiger partial charge in [0, 0.05) is 11.1 Å². The molecular formula is C28H23N3. The highest BCUT2D eigenvalue weighted by Crippen LogP contribution is 2.29. The van der Waals surface area contributed by atoms with E-state index in [1.165, 1.54) is 16.7 Å². The van der Waals surface area contributed by atoms with E-state index < -0.39 is 0 Å². The molecule has 1 aliphatic heterocycles. The summed E-state index contributed by atoms with van der Waals surface area (Å²) < 4.78 is 0. The molecule has 4 aromatic rings. The molecule has 0 spiro atoms. The molecular weight excluding hydrogens is 378 g/mol. The van der Waals surface area contributed by atoms with Crippen molar-refractivity contribution in [3.63, 3.8) is 0 Å². The minimum absolute atomic E-state index is 0.311. The van der Waals surface area contributed by atoms with Gasteiger partial charge in [-0.3, -0.25) is 0 Å². The summed E-state index contributed by atoms with van der Waals surface area (Å²) >= 11 is 0. The van der Waals surface area contributed by atoms with Crippen molar-refractivity contribution in [1.29, 1.82) is 0 Å². The topological polar surface area (TPSA) is 36.8 Å². The first kappa shape index (κ1) is 19.0. The summed E-state index contributed by atoms with van der Waals surface area (Å²) in [5, 5.41) is 3.45. The molecule has 0 fully saturated rings. The SMILES string of the molecule is Cc1cc(-c2ccccc2)cc(C2N=C(c3ccccc3)NC(c3ccccc3)=N2)c1. The molecule has 0 bridgehead atoms. The largest absolute Gasteiger partial charge is 0.324 e. The predicted octanol–water partition coefficient (Wildman–Crippen LogP) is 6.16. The second-order valence-electron chi connectivity index (χ2n) is 7.68. The zero-order valence-electron chi connectivity index (χ0n) is 17.4. The number of nitrogens with zero attached hydrogens (tertiary/aromatic N) is 2. The third kappa shape index (κ3) is 4.17. The normalized spacial score (nSPS) is 13.8. The van der Waals surface area contributed by atoms with Crippen molar-refractivity contribution in [2.24, 2.45) is 9.98 Å². The Balaban J connectivity index is 1.61. The van der Waals surface area contributed by atoms with Crippen LogP contribution < -0.4 is 5.32 Å². The third-order valence-corrected chi connectivity index (χ3v) is 5.34. The molecule has 1 N–H and O–H groups in total. The molecule has 3 nitrogen and oxygen atoms in total. The lowest BCUT2D eigenvalue weighted by Crippen LogP contribution is -2.36. The minimum atomic E-state index is -0.311. The number of amidine groups is 2. The zero-order valence-corrected chi connectivity index (χ0v) is 17.4. The lowest BCUT2D eigenvalue weighted by Gasteiger charge is -2.23. The Morgan fingerprint density at radius 3 is 1.55 bits per heavy atom. The summed E-state index contributed by atoms with van der Waals surface area (Å²) in [4.78, 5) is 9.98. The lowest BCUT2D eigenvalue weighted by molar-refractivity contribution is 0.755. The van der Waals surface area contributed by atoms with Crippen molar-refractivity contribution in [3.05, 3.63) is 131 Å². The molecule has 31 heavy (non-hydrogen) atoms. The van der Waals surface area contributed by atoms with Crippen LogP contribution in [-0.2, 0) is 0 Å². The molecule has 0 amide bonds. The Morgan fingerprint density at radius 1 is 0.548 bits per heavy atom. The number of benzene rings is 4. The molecule has 0 radical (unpaired) electrons. The quantitative estimate of drug-likeness (QED) is 0.437. The van der Waals surface area contributed by atoms with Gasteiger partial charge in [-0.05, 0) is 29.7 Å². The van der Waals surface area contributed by atoms with E-state index in [0.717, 1.165) is 28.4 Å². The predicted molar refractivity (Wildman–Crippen MR) is 128 cm³/mol. The van der Waals surface area contributed by atoms with E-state index in [2.05, 4.69) is 79.0 Å². The molecule has 0 aromatic heterocycles. The van der Waals surface area contributed by atoms with E-state index >= 15 is 0 Å². The van der Waals surface area contributed by atoms with Crippen LogP contribution >= 0.6 is 0 Å². The van der Waals surface area contributed by atoms with Crippen LogP contribution in [0.5, 0.6) is 0 Å². The highest BCUT2D eigenvalue weighted by atomic mass is 15.2. The minimum Gasteiger partial charge on any atom is -0.324 e. The van der Waals surface area contributed by atoms with Crippen molar-refractivity contribution < 1.29 is 0 Å². The summed E-state index contributed by atoms with van der Waals surface area (Å²) in [6.07, 6.45) is -0.311. The first-order valence-corrected chi connectivity index (χ1v) is 10.5. The zero-order chi connectivity index (χ0) is 21.0. The summed E-state index contributed by atoms with van der Waals surface area (Å²) in [6, 6.07) is 37.5. The summed E-state index contributed by atoms with van der Waals surface area (Å²) in [5.41, 5.74) is 6.76. The maximum atomic E-state index is 4.99. The average Bonchev–Trinajstić information content (AvgIpc) is 2.85. The van der Waals surface area contributed by atoms with Crippen molar-refractivity contribution in [2.45, 2.75) is 13.1 Å². The van der Waals surface area contributed by atoms with Crippen molar-refractivity contribution in [3.8, 4) is 11.1 Å². The lowest BCUT2D eigenvalue weighted by atomic mass is 9.99. The standard InChI is InChI=1S/C28H23N3/c1-20-17-24(21-11-5-2-6-12-21)19-25(18-20)28-30-26(22-13-7-3-8-14-22)29-27(31-28)23-15-9-4-10-16-23/h2-19,28H,1H3,(H,29,30,31). The van der Waals surface area contributed by atoms with Gasteiger partial charge in [0.1, 0.15) is 11.7 Å². The van der Waals surface area contributed by atoms with Gasteiger partial charge in [-0.1, -0.05) is 109 Å². The van der Waals surface area contributed by atoms with Gasteiger partial charge in [-0.2, -0.15) is 0 Å². The first-order valence-electron chi connectivity index (χ1n) is 10.5. The Morgan fingerprint density at radius 2 is 1.03 bits per heavy atom. The Kier molecular flexibility index (Phi) is 5.16. The number of nitrogens with one attached hydrogen (secondary N) is 1. The molecule has 4 aromatic carbocycles. The number of aryl methyl sites for hydroxylation is 1. The van der Waals surface area contributed by atoms with E-state index in [9.17, 15) is 0 Å². The molecule has 150 valence electrons. The summed E-state index contributed by atoms with van der Waals surface area (Å²) in [5.74, 6) is 1.67. The van der Waals surface area contributed by atoms with Gasteiger partial charge in [0.15, 0.2) is 6.17 Å². The number of rotatable bonds is 4. The molecule has 0 saturated heterocycles. The fourth-order valence-electron chi connectivity index (χ4n) is 3.84. The molecule has 1 heterocycles. The molecule has 0 aliphatic carbocycles. The van der Waals surface area contributed by atoms with Gasteiger partial charge in [0.05, 0.1) is 0 Å². The van der Waals surface area contributed by atoms with Crippen LogP contribution in [0.15, 0.2) is 119 Å². The number of aliphatic imine (C=N–C) groups is 2. The summed E-state index contributed by atoms with van der Waals surface area (Å²) in [6.45, 7) is 2.13. The smallest absolute Gasteiger partial charge is 0.169 e. The van der Waals surface area contributed by atoms with Crippen LogP contribution in [-0.4, -0.2) is 11.7 Å². The van der Waals surface area contributed by atoms with Crippen LogP contribution in [0.25, 0.3) is 11.1 Å². The summed E-state index contributed by atoms with van der Waals surface area (Å²) in [7, 11) is 0. The maximum absolute atomic E-state index is 4.99. The highest BCUT2D eigenvalue weighted by Gasteiger charge is 2.21. The third-order valence-electron chi connectivity index (χ3n) is 5.34. The second-order valence-corrected chi connectivity index (χ2v) is 7.68. The molecule has 0 atom stereocenters. The van der Waals surface area contributed by atoms with Crippen molar-refractivity contribution in [2.75, 3.05) is 0 Å². The van der Waals surface area contributed by atoms with Gasteiger partial charge < -0.3 is 5.32 Å². The van der Waals surface area contributed by atoms with Crippen molar-refractivity contribution >= 4 is 11.7 Å². The Bertz CT molecular complexity index is 1190. The molecule has 3 heteroatoms. The molecule has 5 rings (SSSR count). The molecule has 0 unspecified atom stereocenters. The molecule has 1 aliphatic rings. The van der Waals surface area contributed by atoms with Crippen LogP contribution in [0, 0.1) is 6.92 Å².